The topological polar surface area (TPSA) is 62.6 Å². The van der Waals surface area contributed by atoms with E-state index < -0.39 is 5.82 Å². The Balaban J connectivity index is 2.52. The van der Waals surface area contributed by atoms with Crippen LogP contribution in [0.2, 0.25) is 5.02 Å². The quantitative estimate of drug-likeness (QED) is 0.805. The van der Waals surface area contributed by atoms with Crippen LogP contribution in [0.15, 0.2) is 41.7 Å². The van der Waals surface area contributed by atoms with Crippen molar-refractivity contribution in [1.82, 2.24) is 4.98 Å². The first kappa shape index (κ1) is 14.1. The Kier molecular flexibility index (Phi) is 4.05. The lowest BCUT2D eigenvalue weighted by Crippen LogP contribution is -2.23. The van der Waals surface area contributed by atoms with E-state index in [0.717, 1.165) is 6.07 Å². The zero-order valence-corrected chi connectivity index (χ0v) is 11.1. The van der Waals surface area contributed by atoms with Gasteiger partial charge in [-0.1, -0.05) is 11.6 Å². The molecule has 2 aromatic rings. The van der Waals surface area contributed by atoms with Crippen LogP contribution in [0.1, 0.15) is 6.92 Å². The van der Waals surface area contributed by atoms with Gasteiger partial charge >= 0.3 is 0 Å². The molecule has 1 aromatic heterocycles. The third-order valence-electron chi connectivity index (χ3n) is 2.54. The summed E-state index contributed by atoms with van der Waals surface area (Å²) < 4.78 is 13.2. The summed E-state index contributed by atoms with van der Waals surface area (Å²) in [5.41, 5.74) is 0.480. The molecule has 0 fully saturated rings. The lowest BCUT2D eigenvalue weighted by Gasteiger charge is -2.20. The number of nitrogens with zero attached hydrogens (tertiary/aromatic N) is 3. The summed E-state index contributed by atoms with van der Waals surface area (Å²) in [7, 11) is 0. The Hall–Kier alpha value is -2.34. The van der Waals surface area contributed by atoms with Gasteiger partial charge in [0.05, 0.1) is 10.7 Å². The van der Waals surface area contributed by atoms with Crippen LogP contribution in [0.5, 0.6) is 0 Å². The van der Waals surface area contributed by atoms with E-state index in [0.29, 0.717) is 5.69 Å². The molecule has 20 heavy (non-hydrogen) atoms. The summed E-state index contributed by atoms with van der Waals surface area (Å²) in [5.74, 6) is -0.740. The highest BCUT2D eigenvalue weighted by Crippen LogP contribution is 2.29. The first-order valence-corrected chi connectivity index (χ1v) is 5.96. The molecule has 0 saturated carbocycles. The van der Waals surface area contributed by atoms with E-state index in [2.05, 4.69) is 10.2 Å². The summed E-state index contributed by atoms with van der Waals surface area (Å²) in [6, 6.07) is 6.61. The molecule has 0 atom stereocenters. The van der Waals surface area contributed by atoms with Crippen molar-refractivity contribution >= 4 is 34.7 Å². The zero-order valence-electron chi connectivity index (χ0n) is 10.4. The normalized spacial score (nSPS) is 10.2. The van der Waals surface area contributed by atoms with Crippen LogP contribution >= 0.6 is 11.6 Å². The van der Waals surface area contributed by atoms with Gasteiger partial charge in [0, 0.05) is 19.2 Å². The van der Waals surface area contributed by atoms with Gasteiger partial charge in [0.2, 0.25) is 5.91 Å². The maximum atomic E-state index is 13.2. The average Bonchev–Trinajstić information content (AvgIpc) is 2.43. The van der Waals surface area contributed by atoms with Gasteiger partial charge in [-0.25, -0.2) is 9.37 Å². The zero-order chi connectivity index (χ0) is 14.7. The summed E-state index contributed by atoms with van der Waals surface area (Å²) >= 11 is 5.71. The maximum absolute atomic E-state index is 13.2. The third-order valence-corrected chi connectivity index (χ3v) is 2.83. The van der Waals surface area contributed by atoms with E-state index in [-0.39, 0.29) is 22.4 Å². The molecule has 5 nitrogen and oxygen atoms in total. The molecule has 0 bridgehead atoms. The number of anilines is 2. The van der Waals surface area contributed by atoms with Crippen molar-refractivity contribution in [3.05, 3.63) is 52.3 Å². The van der Waals surface area contributed by atoms with Crippen LogP contribution in [-0.4, -0.2) is 10.9 Å². The van der Waals surface area contributed by atoms with E-state index in [1.807, 2.05) is 0 Å². The van der Waals surface area contributed by atoms with Crippen molar-refractivity contribution in [3.8, 4) is 0 Å². The number of pyridine rings is 1. The lowest BCUT2D eigenvalue weighted by molar-refractivity contribution is -0.115. The summed E-state index contributed by atoms with van der Waals surface area (Å²) in [6.07, 6.45) is 1.35. The predicted molar refractivity (Wildman–Crippen MR) is 73.9 cm³/mol. The van der Waals surface area contributed by atoms with Gasteiger partial charge < -0.3 is 0 Å². The molecule has 102 valence electrons. The number of carbonyl (C=O) groups is 1. The number of rotatable bonds is 3. The van der Waals surface area contributed by atoms with E-state index in [4.69, 9.17) is 11.6 Å². The Morgan fingerprint density at radius 1 is 1.35 bits per heavy atom. The Morgan fingerprint density at radius 2 is 2.10 bits per heavy atom. The molecule has 0 radical (unpaired) electrons. The van der Waals surface area contributed by atoms with Crippen LogP contribution in [-0.2, 0) is 4.79 Å². The number of hydrogen-bond donors (Lipinski definition) is 0. The molecular weight excluding hydrogens is 285 g/mol. The summed E-state index contributed by atoms with van der Waals surface area (Å²) in [5, 5.41) is 2.67. The summed E-state index contributed by atoms with van der Waals surface area (Å²) in [6.45, 7) is 1.32. The number of halogens is 2. The second-order valence-electron chi connectivity index (χ2n) is 3.92. The van der Waals surface area contributed by atoms with E-state index in [1.54, 1.807) is 0 Å². The van der Waals surface area contributed by atoms with Crippen LogP contribution in [0.25, 0.3) is 0 Å². The molecular formula is C13H9ClFN3O2. The minimum Gasteiger partial charge on any atom is -0.274 e. The Morgan fingerprint density at radius 3 is 2.70 bits per heavy atom. The van der Waals surface area contributed by atoms with Crippen LogP contribution in [0.4, 0.5) is 21.6 Å². The number of nitroso groups, excluding NO2 is 1. The molecule has 0 N–H and O–H groups in total. The van der Waals surface area contributed by atoms with Gasteiger partial charge in [0.15, 0.2) is 0 Å². The number of carbonyl (C=O) groups excluding carboxylic acids is 1. The van der Waals surface area contributed by atoms with Gasteiger partial charge in [0.1, 0.15) is 17.3 Å². The number of benzene rings is 1. The van der Waals surface area contributed by atoms with Gasteiger partial charge in [-0.3, -0.25) is 9.69 Å². The molecule has 0 aliphatic rings. The van der Waals surface area contributed by atoms with Crippen LogP contribution in [0.3, 0.4) is 0 Å². The van der Waals surface area contributed by atoms with Crippen molar-refractivity contribution in [2.45, 2.75) is 6.92 Å². The fourth-order valence-electron chi connectivity index (χ4n) is 1.69. The maximum Gasteiger partial charge on any atom is 0.229 e. The van der Waals surface area contributed by atoms with Crippen molar-refractivity contribution < 1.29 is 9.18 Å². The molecule has 0 aliphatic heterocycles. The molecule has 1 aromatic carbocycles. The highest BCUT2D eigenvalue weighted by Gasteiger charge is 2.17. The number of amides is 1. The number of aromatic nitrogens is 1. The van der Waals surface area contributed by atoms with Gasteiger partial charge in [0.25, 0.3) is 0 Å². The standard InChI is InChI=1S/C13H9ClFN3O2/c1-8(19)18(10-2-3-12(15)11(14)7-10)13-6-9(17-20)4-5-16-13/h2-7H,1H3. The van der Waals surface area contributed by atoms with E-state index in [1.165, 1.54) is 42.3 Å². The third kappa shape index (κ3) is 2.80. The lowest BCUT2D eigenvalue weighted by atomic mass is 10.2. The first-order chi connectivity index (χ1) is 9.52. The minimum absolute atomic E-state index is 0.113. The molecule has 0 saturated heterocycles. The second kappa shape index (κ2) is 5.75. The monoisotopic (exact) mass is 293 g/mol. The van der Waals surface area contributed by atoms with Crippen molar-refractivity contribution in [3.63, 3.8) is 0 Å². The first-order valence-electron chi connectivity index (χ1n) is 5.58. The van der Waals surface area contributed by atoms with E-state index >= 15 is 0 Å². The van der Waals surface area contributed by atoms with Gasteiger partial charge in [-0.05, 0) is 29.4 Å². The van der Waals surface area contributed by atoms with Gasteiger partial charge in [-0.2, -0.15) is 0 Å². The van der Waals surface area contributed by atoms with E-state index in [9.17, 15) is 14.1 Å². The molecule has 1 amide bonds. The fourth-order valence-corrected chi connectivity index (χ4v) is 1.86. The van der Waals surface area contributed by atoms with Crippen molar-refractivity contribution in [1.29, 1.82) is 0 Å². The van der Waals surface area contributed by atoms with Crippen LogP contribution in [0, 0.1) is 10.7 Å². The molecule has 7 heteroatoms. The van der Waals surface area contributed by atoms with Crippen LogP contribution < -0.4 is 4.90 Å². The van der Waals surface area contributed by atoms with Crippen molar-refractivity contribution in [2.75, 3.05) is 4.90 Å². The van der Waals surface area contributed by atoms with Gasteiger partial charge in [-0.15, -0.1) is 4.91 Å². The molecule has 0 aliphatic carbocycles. The largest absolute Gasteiger partial charge is 0.274 e. The highest BCUT2D eigenvalue weighted by molar-refractivity contribution is 6.31. The molecule has 1 heterocycles. The fraction of sp³-hybridized carbons (Fsp3) is 0.0769. The summed E-state index contributed by atoms with van der Waals surface area (Å²) in [4.78, 5) is 27.5. The Labute approximate surface area is 119 Å². The number of hydrogen-bond acceptors (Lipinski definition) is 4. The highest BCUT2D eigenvalue weighted by atomic mass is 35.5. The average molecular weight is 294 g/mol. The molecule has 0 unspecified atom stereocenters. The molecule has 0 spiro atoms. The minimum atomic E-state index is -0.588. The SMILES string of the molecule is CC(=O)N(c1ccc(F)c(Cl)c1)c1cc(N=O)ccn1. The predicted octanol–water partition coefficient (Wildman–Crippen LogP) is 3.96. The smallest absolute Gasteiger partial charge is 0.229 e. The Bertz CT molecular complexity index is 678. The van der Waals surface area contributed by atoms with Crippen molar-refractivity contribution in [2.24, 2.45) is 5.18 Å². The molecule has 2 rings (SSSR count). The second-order valence-corrected chi connectivity index (χ2v) is 4.32.